The van der Waals surface area contributed by atoms with Gasteiger partial charge in [-0.2, -0.15) is 5.10 Å². The van der Waals surface area contributed by atoms with Crippen LogP contribution < -0.4 is 31.7 Å². The van der Waals surface area contributed by atoms with Crippen molar-refractivity contribution in [3.05, 3.63) is 103 Å². The monoisotopic (exact) mass is 781 g/mol. The van der Waals surface area contributed by atoms with Crippen LogP contribution in [0, 0.1) is 0 Å². The normalized spacial score (nSPS) is 11.6. The first-order valence-corrected chi connectivity index (χ1v) is 19.4. The highest BCUT2D eigenvalue weighted by molar-refractivity contribution is 8.77. The van der Waals surface area contributed by atoms with Crippen LogP contribution in [0.1, 0.15) is 53.8 Å². The molecule has 0 aliphatic rings. The Bertz CT molecular complexity index is 2110. The molecule has 0 bridgehead atoms. The summed E-state index contributed by atoms with van der Waals surface area (Å²) < 4.78 is 7.17. The van der Waals surface area contributed by atoms with Gasteiger partial charge in [0.2, 0.25) is 5.91 Å². The maximum Gasteiger partial charge on any atom is 0.253 e. The third-order valence-electron chi connectivity index (χ3n) is 8.10. The van der Waals surface area contributed by atoms with Crippen molar-refractivity contribution in [1.82, 2.24) is 40.3 Å². The van der Waals surface area contributed by atoms with Crippen molar-refractivity contribution in [1.29, 1.82) is 0 Å². The highest BCUT2D eigenvalue weighted by atomic mass is 33.1. The zero-order chi connectivity index (χ0) is 39.4. The van der Waals surface area contributed by atoms with E-state index in [-0.39, 0.29) is 28.2 Å². The Morgan fingerprint density at radius 1 is 1.00 bits per heavy atom. The molecule has 1 aromatic carbocycles. The maximum atomic E-state index is 13.0. The van der Waals surface area contributed by atoms with Gasteiger partial charge < -0.3 is 31.7 Å². The fourth-order valence-electron chi connectivity index (χ4n) is 5.16. The molecule has 4 heterocycles. The zero-order valence-electron chi connectivity index (χ0n) is 30.9. The van der Waals surface area contributed by atoms with Crippen LogP contribution in [0.2, 0.25) is 0 Å². The number of ether oxygens (including phenoxy) is 1. The first kappa shape index (κ1) is 40.2. The minimum atomic E-state index is -0.678. The van der Waals surface area contributed by atoms with Crippen molar-refractivity contribution in [3.63, 3.8) is 0 Å². The Morgan fingerprint density at radius 3 is 2.49 bits per heavy atom. The van der Waals surface area contributed by atoms with Gasteiger partial charge in [0, 0.05) is 55.5 Å². The van der Waals surface area contributed by atoms with E-state index in [2.05, 4.69) is 66.7 Å². The molecule has 0 aliphatic heterocycles. The van der Waals surface area contributed by atoms with Gasteiger partial charge in [0.1, 0.15) is 23.0 Å². The molecule has 0 saturated heterocycles. The average molecular weight is 782 g/mol. The molecule has 6 N–H and O–H groups in total. The van der Waals surface area contributed by atoms with Gasteiger partial charge in [-0.15, -0.1) is 6.58 Å². The third kappa shape index (κ3) is 11.5. The summed E-state index contributed by atoms with van der Waals surface area (Å²) in [6.45, 7) is 8.44. The number of aromatic nitrogens is 6. The van der Waals surface area contributed by atoms with Crippen LogP contribution in [0.15, 0.2) is 97.2 Å². The number of hydrogen-bond donors (Lipinski definition) is 5. The van der Waals surface area contributed by atoms with E-state index >= 15 is 0 Å². The lowest BCUT2D eigenvalue weighted by molar-refractivity contribution is -0.121. The number of aryl methyl sites for hydroxylation is 1. The summed E-state index contributed by atoms with van der Waals surface area (Å²) in [4.78, 5) is 55.3. The Morgan fingerprint density at radius 2 is 1.82 bits per heavy atom. The number of primary amides is 1. The zero-order valence-corrected chi connectivity index (χ0v) is 32.5. The number of nitrogens with zero attached hydrogens (tertiary/aromatic N) is 6. The second-order valence-corrected chi connectivity index (χ2v) is 15.7. The highest BCUT2D eigenvalue weighted by Crippen LogP contribution is 2.42. The number of hydrogen-bond acceptors (Lipinski definition) is 13. The van der Waals surface area contributed by atoms with Gasteiger partial charge in [-0.3, -0.25) is 19.1 Å². The number of carbonyl (C=O) groups is 3. The van der Waals surface area contributed by atoms with Crippen LogP contribution in [-0.2, 0) is 11.8 Å². The van der Waals surface area contributed by atoms with E-state index in [1.54, 1.807) is 76.2 Å². The van der Waals surface area contributed by atoms with E-state index < -0.39 is 5.91 Å². The van der Waals surface area contributed by atoms with Crippen molar-refractivity contribution in [2.75, 3.05) is 24.3 Å². The van der Waals surface area contributed by atoms with Crippen molar-refractivity contribution >= 4 is 62.3 Å². The van der Waals surface area contributed by atoms with Crippen LogP contribution in [0.4, 0.5) is 23.0 Å². The lowest BCUT2D eigenvalue weighted by atomic mass is 10.1. The molecule has 55 heavy (non-hydrogen) atoms. The number of pyridine rings is 3. The summed E-state index contributed by atoms with van der Waals surface area (Å²) in [6.07, 6.45) is 9.33. The van der Waals surface area contributed by atoms with Crippen molar-refractivity contribution in [2.24, 2.45) is 12.8 Å². The van der Waals surface area contributed by atoms with E-state index in [9.17, 15) is 14.4 Å². The highest BCUT2D eigenvalue weighted by Gasteiger charge is 2.22. The molecule has 1 atom stereocenters. The average Bonchev–Trinajstić information content (AvgIpc) is 3.62. The number of nitrogens with two attached hydrogens (primary N) is 1. The molecule has 0 spiro atoms. The predicted molar refractivity (Wildman–Crippen MR) is 217 cm³/mol. The number of para-hydroxylation sites is 1. The van der Waals surface area contributed by atoms with E-state index in [4.69, 9.17) is 10.5 Å². The smallest absolute Gasteiger partial charge is 0.253 e. The first-order valence-electron chi connectivity index (χ1n) is 17.2. The fraction of sp³-hybridized carbons (Fsp3) is 0.263. The fourth-order valence-corrected chi connectivity index (χ4v) is 7.37. The van der Waals surface area contributed by atoms with Crippen LogP contribution in [0.5, 0.6) is 5.75 Å². The number of benzene rings is 1. The Kier molecular flexibility index (Phi) is 13.8. The van der Waals surface area contributed by atoms with Gasteiger partial charge in [0.05, 0.1) is 35.2 Å². The quantitative estimate of drug-likeness (QED) is 0.0479. The molecular weight excluding hydrogens is 739 g/mol. The van der Waals surface area contributed by atoms with Crippen LogP contribution in [-0.4, -0.2) is 71.9 Å². The SMILES string of the molecule is C=CC(CCNC(=O)CCC(C)(C)SSc1ccccn1)NC(=O)c1ccc(Nc2cc(Nc3cccc(-c4ncn(C)n4)c3OC)c(C(N)=O)cn2)nc1. The van der Waals surface area contributed by atoms with Crippen LogP contribution in [0.3, 0.4) is 0 Å². The number of carbonyl (C=O) groups excluding carboxylic acids is 3. The van der Waals surface area contributed by atoms with E-state index in [1.807, 2.05) is 30.3 Å². The first-order chi connectivity index (χ1) is 26.4. The van der Waals surface area contributed by atoms with Crippen LogP contribution in [0.25, 0.3) is 11.4 Å². The van der Waals surface area contributed by atoms with Crippen LogP contribution >= 0.6 is 21.6 Å². The molecule has 3 amide bonds. The predicted octanol–water partition coefficient (Wildman–Crippen LogP) is 6.05. The molecule has 0 aliphatic carbocycles. The molecule has 0 saturated carbocycles. The molecule has 4 aromatic heterocycles. The summed E-state index contributed by atoms with van der Waals surface area (Å²) in [5, 5.41) is 17.5. The van der Waals surface area contributed by atoms with E-state index in [0.29, 0.717) is 71.5 Å². The Balaban J connectivity index is 1.13. The largest absolute Gasteiger partial charge is 0.494 e. The van der Waals surface area contributed by atoms with Crippen molar-refractivity contribution in [3.8, 4) is 17.1 Å². The molecule has 5 aromatic rings. The number of amides is 3. The standard InChI is InChI=1S/C38H43N11O4S2/c1-6-25(16-19-40-32(50)15-17-38(2,3)55-54-33-12-7-8-18-41-33)45-37(52)24-13-14-30(42-21-24)47-31-20-29(27(22-43-31)35(39)51)46-28-11-9-10-26(34(28)53-5)36-44-23-49(4)48-36/h6-14,18,20-23,25H,1,15-17,19H2,2-5H3,(H2,39,51)(H,40,50)(H,45,52)(H2,42,43,46,47). The van der Waals surface area contributed by atoms with Gasteiger partial charge in [-0.1, -0.05) is 29.0 Å². The van der Waals surface area contributed by atoms with Crippen molar-refractivity contribution < 1.29 is 19.1 Å². The molecule has 0 fully saturated rings. The van der Waals surface area contributed by atoms with Gasteiger partial charge >= 0.3 is 0 Å². The summed E-state index contributed by atoms with van der Waals surface area (Å²) in [6, 6.07) is 15.7. The molecule has 0 radical (unpaired) electrons. The topological polar surface area (TPSA) is 204 Å². The lowest BCUT2D eigenvalue weighted by Crippen LogP contribution is -2.37. The number of anilines is 4. The molecule has 1 unspecified atom stereocenters. The third-order valence-corrected chi connectivity index (χ3v) is 11.4. The summed E-state index contributed by atoms with van der Waals surface area (Å²) in [7, 11) is 6.59. The Labute approximate surface area is 327 Å². The maximum absolute atomic E-state index is 13.0. The van der Waals surface area contributed by atoms with E-state index in [0.717, 1.165) is 5.03 Å². The summed E-state index contributed by atoms with van der Waals surface area (Å²) in [5.41, 5.74) is 7.73. The molecule has 286 valence electrons. The Hall–Kier alpha value is -5.94. The summed E-state index contributed by atoms with van der Waals surface area (Å²) in [5.74, 6) is 0.637. The number of methoxy groups -OCH3 is 1. The second-order valence-electron chi connectivity index (χ2n) is 12.8. The lowest BCUT2D eigenvalue weighted by Gasteiger charge is -2.22. The molecule has 15 nitrogen and oxygen atoms in total. The molecule has 5 rings (SSSR count). The molecular formula is C38H43N11O4S2. The summed E-state index contributed by atoms with van der Waals surface area (Å²) >= 11 is 0. The minimum absolute atomic E-state index is 0.0494. The minimum Gasteiger partial charge on any atom is -0.494 e. The number of rotatable bonds is 19. The van der Waals surface area contributed by atoms with E-state index in [1.165, 1.54) is 19.5 Å². The van der Waals surface area contributed by atoms with Crippen molar-refractivity contribution in [2.45, 2.75) is 48.9 Å². The van der Waals surface area contributed by atoms with Gasteiger partial charge in [0.15, 0.2) is 11.6 Å². The van der Waals surface area contributed by atoms with Gasteiger partial charge in [0.25, 0.3) is 11.8 Å². The van der Waals surface area contributed by atoms with Gasteiger partial charge in [-0.25, -0.2) is 19.9 Å². The van der Waals surface area contributed by atoms with Gasteiger partial charge in [-0.05, 0) is 73.9 Å². The second kappa shape index (κ2) is 18.9. The molecule has 17 heteroatoms. The number of nitrogens with one attached hydrogen (secondary N) is 4.